The molecule has 0 N–H and O–H groups in total. The van der Waals surface area contributed by atoms with Crippen molar-refractivity contribution in [2.45, 2.75) is 0 Å². The Bertz CT molecular complexity index is 973. The highest BCUT2D eigenvalue weighted by Gasteiger charge is 2.25. The van der Waals surface area contributed by atoms with Gasteiger partial charge in [-0.2, -0.15) is 0 Å². The molecule has 0 radical (unpaired) electrons. The van der Waals surface area contributed by atoms with E-state index in [9.17, 15) is 4.79 Å². The Morgan fingerprint density at radius 1 is 1.20 bits per heavy atom. The summed E-state index contributed by atoms with van der Waals surface area (Å²) in [7, 11) is 0. The summed E-state index contributed by atoms with van der Waals surface area (Å²) >= 11 is 11.9. The smallest absolute Gasteiger partial charge is 0.363 e. The van der Waals surface area contributed by atoms with E-state index in [1.807, 2.05) is 18.2 Å². The summed E-state index contributed by atoms with van der Waals surface area (Å²) in [5, 5.41) is 0.435. The molecule has 2 aliphatic rings. The number of fused-ring (bicyclic) bond motifs is 1. The van der Waals surface area contributed by atoms with Gasteiger partial charge in [0, 0.05) is 19.7 Å². The van der Waals surface area contributed by atoms with Crippen LogP contribution in [-0.2, 0) is 9.53 Å². The fourth-order valence-electron chi connectivity index (χ4n) is 2.35. The molecule has 2 aliphatic heterocycles. The molecule has 0 bridgehead atoms. The van der Waals surface area contributed by atoms with Crippen LogP contribution in [0.2, 0.25) is 5.02 Å². The number of carbonyl (C=O) groups excluding carboxylic acids is 1. The lowest BCUT2D eigenvalue weighted by molar-refractivity contribution is -0.129. The summed E-state index contributed by atoms with van der Waals surface area (Å²) in [6.07, 6.45) is 1.57. The van der Waals surface area contributed by atoms with Gasteiger partial charge in [0.15, 0.2) is 17.2 Å². The molecule has 0 atom stereocenters. The number of rotatable bonds is 2. The topological polar surface area (TPSA) is 57.1 Å². The van der Waals surface area contributed by atoms with Gasteiger partial charge in [0.1, 0.15) is 0 Å². The summed E-state index contributed by atoms with van der Waals surface area (Å²) in [6, 6.07) is 8.96. The van der Waals surface area contributed by atoms with Crippen molar-refractivity contribution in [2.24, 2.45) is 4.99 Å². The molecule has 0 saturated heterocycles. The molecular formula is C17H8BrClINO4. The number of hydrogen-bond donors (Lipinski definition) is 0. The molecule has 8 heteroatoms. The van der Waals surface area contributed by atoms with E-state index < -0.39 is 5.97 Å². The Hall–Kier alpha value is -1.58. The molecule has 0 spiro atoms. The quantitative estimate of drug-likeness (QED) is 0.318. The monoisotopic (exact) mass is 531 g/mol. The fraction of sp³-hybridized carbons (Fsp3) is 0.0588. The van der Waals surface area contributed by atoms with Crippen molar-refractivity contribution in [3.05, 3.63) is 60.2 Å². The molecule has 126 valence electrons. The SMILES string of the molecule is O=C1OC(c2ccc(I)c(Br)c2)=N/C1=C\c1cc2c(cc1Cl)OCO2. The molecule has 4 rings (SSSR count). The van der Waals surface area contributed by atoms with E-state index in [0.29, 0.717) is 27.6 Å². The molecule has 0 unspecified atom stereocenters. The Labute approximate surface area is 169 Å². The van der Waals surface area contributed by atoms with Crippen molar-refractivity contribution in [2.75, 3.05) is 6.79 Å². The van der Waals surface area contributed by atoms with Gasteiger partial charge in [0.25, 0.3) is 0 Å². The third-order valence-corrected chi connectivity index (χ3v) is 6.24. The molecule has 2 aromatic rings. The largest absolute Gasteiger partial charge is 0.454 e. The van der Waals surface area contributed by atoms with Crippen LogP contribution >= 0.6 is 50.1 Å². The zero-order valence-electron chi connectivity index (χ0n) is 12.4. The minimum absolute atomic E-state index is 0.151. The zero-order valence-corrected chi connectivity index (χ0v) is 16.9. The van der Waals surface area contributed by atoms with Crippen LogP contribution in [-0.4, -0.2) is 18.7 Å². The summed E-state index contributed by atoms with van der Waals surface area (Å²) in [5.41, 5.74) is 1.48. The Morgan fingerprint density at radius 3 is 2.72 bits per heavy atom. The summed E-state index contributed by atoms with van der Waals surface area (Å²) in [4.78, 5) is 16.4. The molecule has 0 fully saturated rings. The van der Waals surface area contributed by atoms with E-state index in [1.165, 1.54) is 0 Å². The number of nitrogens with zero attached hydrogens (tertiary/aromatic N) is 1. The Morgan fingerprint density at radius 2 is 1.96 bits per heavy atom. The van der Waals surface area contributed by atoms with E-state index in [0.717, 1.165) is 8.04 Å². The highest BCUT2D eigenvalue weighted by Crippen LogP contribution is 2.38. The van der Waals surface area contributed by atoms with Crippen molar-refractivity contribution in [3.63, 3.8) is 0 Å². The Kier molecular flexibility index (Phi) is 4.47. The molecule has 25 heavy (non-hydrogen) atoms. The van der Waals surface area contributed by atoms with Gasteiger partial charge in [-0.15, -0.1) is 0 Å². The third-order valence-electron chi connectivity index (χ3n) is 3.57. The predicted molar refractivity (Wildman–Crippen MR) is 105 cm³/mol. The van der Waals surface area contributed by atoms with E-state index in [2.05, 4.69) is 43.5 Å². The van der Waals surface area contributed by atoms with Crippen LogP contribution in [0.5, 0.6) is 11.5 Å². The van der Waals surface area contributed by atoms with Crippen molar-refractivity contribution in [3.8, 4) is 11.5 Å². The highest BCUT2D eigenvalue weighted by molar-refractivity contribution is 14.1. The average Bonchev–Trinajstić information content (AvgIpc) is 3.17. The number of halogens is 3. The van der Waals surface area contributed by atoms with Crippen LogP contribution < -0.4 is 9.47 Å². The first-order chi connectivity index (χ1) is 12.0. The number of hydrogen-bond acceptors (Lipinski definition) is 5. The maximum atomic E-state index is 12.1. The molecule has 0 saturated carbocycles. The number of carbonyl (C=O) groups is 1. The Balaban J connectivity index is 1.71. The standard InChI is InChI=1S/C17H8BrClINO4/c18-10-3-8(1-2-12(10)20)16-21-13(17(22)25-16)4-9-5-14-15(6-11(9)19)24-7-23-14/h1-6H,7H2/b13-4-. The summed E-state index contributed by atoms with van der Waals surface area (Å²) in [6.45, 7) is 0.151. The molecule has 0 aliphatic carbocycles. The van der Waals surface area contributed by atoms with Crippen LogP contribution in [0.3, 0.4) is 0 Å². The molecule has 2 heterocycles. The zero-order chi connectivity index (χ0) is 17.6. The molecule has 2 aromatic carbocycles. The maximum absolute atomic E-state index is 12.1. The number of esters is 1. The lowest BCUT2D eigenvalue weighted by atomic mass is 10.1. The number of aliphatic imine (C=N–C) groups is 1. The number of benzene rings is 2. The van der Waals surface area contributed by atoms with Gasteiger partial charge >= 0.3 is 5.97 Å². The second kappa shape index (κ2) is 6.62. The van der Waals surface area contributed by atoms with Gasteiger partial charge < -0.3 is 14.2 Å². The van der Waals surface area contributed by atoms with Crippen LogP contribution in [0.1, 0.15) is 11.1 Å². The van der Waals surface area contributed by atoms with Crippen molar-refractivity contribution >= 4 is 68.1 Å². The van der Waals surface area contributed by atoms with Crippen molar-refractivity contribution in [1.29, 1.82) is 0 Å². The van der Waals surface area contributed by atoms with Gasteiger partial charge in [0.05, 0.1) is 5.02 Å². The molecule has 0 amide bonds. The van der Waals surface area contributed by atoms with Crippen molar-refractivity contribution < 1.29 is 19.0 Å². The van der Waals surface area contributed by atoms with Crippen LogP contribution in [0.4, 0.5) is 0 Å². The summed E-state index contributed by atoms with van der Waals surface area (Å²) in [5.74, 6) is 0.881. The normalized spacial score (nSPS) is 17.0. The van der Waals surface area contributed by atoms with E-state index in [4.69, 9.17) is 25.8 Å². The number of cyclic esters (lactones) is 1. The lowest BCUT2D eigenvalue weighted by Crippen LogP contribution is -2.05. The first kappa shape index (κ1) is 16.9. The second-order valence-electron chi connectivity index (χ2n) is 5.19. The fourth-order valence-corrected chi connectivity index (χ4v) is 3.28. The summed E-state index contributed by atoms with van der Waals surface area (Å²) < 4.78 is 17.8. The van der Waals surface area contributed by atoms with Crippen LogP contribution in [0.15, 0.2) is 45.5 Å². The molecular weight excluding hydrogens is 524 g/mol. The maximum Gasteiger partial charge on any atom is 0.363 e. The van der Waals surface area contributed by atoms with Gasteiger partial charge in [-0.25, -0.2) is 9.79 Å². The van der Waals surface area contributed by atoms with Gasteiger partial charge in [-0.05, 0) is 74.4 Å². The van der Waals surface area contributed by atoms with E-state index >= 15 is 0 Å². The third kappa shape index (κ3) is 3.28. The van der Waals surface area contributed by atoms with Crippen LogP contribution in [0.25, 0.3) is 6.08 Å². The van der Waals surface area contributed by atoms with Gasteiger partial charge in [-0.3, -0.25) is 0 Å². The van der Waals surface area contributed by atoms with Gasteiger partial charge in [-0.1, -0.05) is 11.6 Å². The number of ether oxygens (including phenoxy) is 3. The van der Waals surface area contributed by atoms with Gasteiger partial charge in [0.2, 0.25) is 12.7 Å². The lowest BCUT2D eigenvalue weighted by Gasteiger charge is -2.01. The van der Waals surface area contributed by atoms with E-state index in [-0.39, 0.29) is 18.4 Å². The van der Waals surface area contributed by atoms with E-state index in [1.54, 1.807) is 18.2 Å². The first-order valence-corrected chi connectivity index (χ1v) is 9.33. The minimum atomic E-state index is -0.529. The molecule has 0 aromatic heterocycles. The molecule has 5 nitrogen and oxygen atoms in total. The van der Waals surface area contributed by atoms with Crippen LogP contribution in [0, 0.1) is 3.57 Å². The van der Waals surface area contributed by atoms with Crippen molar-refractivity contribution in [1.82, 2.24) is 0 Å². The highest BCUT2D eigenvalue weighted by atomic mass is 127. The average molecular weight is 533 g/mol. The first-order valence-electron chi connectivity index (χ1n) is 7.08. The predicted octanol–water partition coefficient (Wildman–Crippen LogP) is 4.78. The minimum Gasteiger partial charge on any atom is -0.454 e. The second-order valence-corrected chi connectivity index (χ2v) is 7.62.